The minimum Gasteiger partial charge on any atom is -0.382 e. The van der Waals surface area contributed by atoms with Crippen molar-refractivity contribution in [1.29, 1.82) is 0 Å². The molecule has 0 aliphatic carbocycles. The molecule has 2 rings (SSSR count). The van der Waals surface area contributed by atoms with Gasteiger partial charge in [0.2, 0.25) is 0 Å². The van der Waals surface area contributed by atoms with Gasteiger partial charge in [-0.25, -0.2) is 0 Å². The SMILES string of the molecule is CCCCc1ccc(C(=O)N(Cc2cccc(OS(=O)(=O)CC)c2)CC(C)C)cc1. The Morgan fingerprint density at radius 3 is 2.33 bits per heavy atom. The first-order valence-electron chi connectivity index (χ1n) is 10.6. The molecular weight excluding hydrogens is 398 g/mol. The second-order valence-corrected chi connectivity index (χ2v) is 9.82. The highest BCUT2D eigenvalue weighted by molar-refractivity contribution is 7.87. The molecule has 5 nitrogen and oxygen atoms in total. The number of amides is 1. The van der Waals surface area contributed by atoms with E-state index in [0.29, 0.717) is 24.6 Å². The Labute approximate surface area is 181 Å². The van der Waals surface area contributed by atoms with E-state index in [0.717, 1.165) is 24.8 Å². The summed E-state index contributed by atoms with van der Waals surface area (Å²) < 4.78 is 28.6. The third-order valence-electron chi connectivity index (χ3n) is 4.74. The Bertz CT molecular complexity index is 920. The van der Waals surface area contributed by atoms with Crippen molar-refractivity contribution in [2.45, 2.75) is 53.5 Å². The molecule has 0 bridgehead atoms. The van der Waals surface area contributed by atoms with E-state index in [1.54, 1.807) is 23.1 Å². The molecule has 2 aromatic carbocycles. The van der Waals surface area contributed by atoms with E-state index in [1.807, 2.05) is 30.3 Å². The van der Waals surface area contributed by atoms with Gasteiger partial charge in [0.1, 0.15) is 5.75 Å². The van der Waals surface area contributed by atoms with Crippen LogP contribution in [0.4, 0.5) is 0 Å². The summed E-state index contributed by atoms with van der Waals surface area (Å²) in [4.78, 5) is 15.0. The summed E-state index contributed by atoms with van der Waals surface area (Å²) in [6.45, 7) is 8.84. The van der Waals surface area contributed by atoms with Crippen LogP contribution in [0.1, 0.15) is 62.0 Å². The third kappa shape index (κ3) is 7.48. The highest BCUT2D eigenvalue weighted by Gasteiger charge is 2.18. The Kier molecular flexibility index (Phi) is 8.90. The fraction of sp³-hybridized carbons (Fsp3) is 0.458. The molecule has 0 atom stereocenters. The first-order chi connectivity index (χ1) is 14.2. The minimum atomic E-state index is -3.59. The number of unbranched alkanes of at least 4 members (excludes halogenated alkanes) is 1. The van der Waals surface area contributed by atoms with Crippen LogP contribution in [0.5, 0.6) is 5.75 Å². The van der Waals surface area contributed by atoms with Crippen LogP contribution in [-0.2, 0) is 23.1 Å². The van der Waals surface area contributed by atoms with Crippen molar-refractivity contribution in [2.24, 2.45) is 5.92 Å². The molecule has 164 valence electrons. The molecule has 6 heteroatoms. The van der Waals surface area contributed by atoms with Crippen LogP contribution in [0, 0.1) is 5.92 Å². The Morgan fingerprint density at radius 1 is 1.03 bits per heavy atom. The van der Waals surface area contributed by atoms with Gasteiger partial charge in [0.25, 0.3) is 5.91 Å². The number of rotatable bonds is 11. The topological polar surface area (TPSA) is 63.7 Å². The van der Waals surface area contributed by atoms with Gasteiger partial charge in [0.15, 0.2) is 0 Å². The molecule has 1 amide bonds. The van der Waals surface area contributed by atoms with E-state index >= 15 is 0 Å². The first-order valence-corrected chi connectivity index (χ1v) is 12.2. The largest absolute Gasteiger partial charge is 0.382 e. The van der Waals surface area contributed by atoms with Gasteiger partial charge >= 0.3 is 10.1 Å². The van der Waals surface area contributed by atoms with Crippen molar-refractivity contribution in [3.05, 3.63) is 65.2 Å². The van der Waals surface area contributed by atoms with Crippen molar-refractivity contribution in [3.8, 4) is 5.75 Å². The molecule has 0 unspecified atom stereocenters. The molecule has 0 aromatic heterocycles. The second-order valence-electron chi connectivity index (χ2n) is 7.96. The highest BCUT2D eigenvalue weighted by Crippen LogP contribution is 2.19. The zero-order valence-corrected chi connectivity index (χ0v) is 19.2. The van der Waals surface area contributed by atoms with Gasteiger partial charge in [-0.2, -0.15) is 8.42 Å². The Hall–Kier alpha value is -2.34. The maximum atomic E-state index is 13.2. The molecule has 0 saturated carbocycles. The molecule has 30 heavy (non-hydrogen) atoms. The first kappa shape index (κ1) is 23.9. The monoisotopic (exact) mass is 431 g/mol. The average Bonchev–Trinajstić information content (AvgIpc) is 2.71. The van der Waals surface area contributed by atoms with Crippen LogP contribution in [0.25, 0.3) is 0 Å². The lowest BCUT2D eigenvalue weighted by Gasteiger charge is -2.25. The lowest BCUT2D eigenvalue weighted by atomic mass is 10.0. The van der Waals surface area contributed by atoms with Crippen LogP contribution in [0.15, 0.2) is 48.5 Å². The van der Waals surface area contributed by atoms with Crippen molar-refractivity contribution in [1.82, 2.24) is 4.90 Å². The smallest absolute Gasteiger partial charge is 0.308 e. The fourth-order valence-electron chi connectivity index (χ4n) is 3.16. The van der Waals surface area contributed by atoms with Gasteiger partial charge in [0, 0.05) is 18.7 Å². The number of aryl methyl sites for hydroxylation is 1. The summed E-state index contributed by atoms with van der Waals surface area (Å²) in [7, 11) is -3.59. The van der Waals surface area contributed by atoms with Crippen LogP contribution in [0.3, 0.4) is 0 Å². The van der Waals surface area contributed by atoms with Crippen LogP contribution >= 0.6 is 0 Å². The number of benzene rings is 2. The zero-order valence-electron chi connectivity index (χ0n) is 18.4. The molecule has 2 aromatic rings. The molecule has 0 aliphatic heterocycles. The average molecular weight is 432 g/mol. The predicted octanol–water partition coefficient (Wildman–Crippen LogP) is 5.06. The van der Waals surface area contributed by atoms with Crippen molar-refractivity contribution in [2.75, 3.05) is 12.3 Å². The van der Waals surface area contributed by atoms with Gasteiger partial charge in [0.05, 0.1) is 5.75 Å². The highest BCUT2D eigenvalue weighted by atomic mass is 32.2. The van der Waals surface area contributed by atoms with Gasteiger partial charge in [-0.15, -0.1) is 0 Å². The van der Waals surface area contributed by atoms with Crippen molar-refractivity contribution < 1.29 is 17.4 Å². The van der Waals surface area contributed by atoms with E-state index in [4.69, 9.17) is 4.18 Å². The zero-order chi connectivity index (χ0) is 22.1. The molecule has 0 N–H and O–H groups in total. The molecule has 0 fully saturated rings. The Balaban J connectivity index is 2.18. The number of hydrogen-bond acceptors (Lipinski definition) is 4. The minimum absolute atomic E-state index is 0.0294. The van der Waals surface area contributed by atoms with Crippen LogP contribution in [0.2, 0.25) is 0 Å². The molecule has 0 saturated heterocycles. The van der Waals surface area contributed by atoms with Gasteiger partial charge in [-0.1, -0.05) is 51.5 Å². The van der Waals surface area contributed by atoms with E-state index in [2.05, 4.69) is 20.8 Å². The number of carbonyl (C=O) groups is 1. The third-order valence-corrected chi connectivity index (χ3v) is 5.89. The van der Waals surface area contributed by atoms with Crippen LogP contribution < -0.4 is 4.18 Å². The maximum absolute atomic E-state index is 13.2. The number of nitrogens with zero attached hydrogens (tertiary/aromatic N) is 1. The molecule has 0 radical (unpaired) electrons. The standard InChI is InChI=1S/C24H33NO4S/c1-5-7-9-20-12-14-22(15-13-20)24(26)25(17-19(3)4)18-21-10-8-11-23(16-21)29-30(27,28)6-2/h8,10-16,19H,5-7,9,17-18H2,1-4H3. The van der Waals surface area contributed by atoms with Gasteiger partial charge in [-0.05, 0) is 61.1 Å². The van der Waals surface area contributed by atoms with E-state index < -0.39 is 10.1 Å². The molecule has 0 spiro atoms. The predicted molar refractivity (Wildman–Crippen MR) is 121 cm³/mol. The fourth-order valence-corrected chi connectivity index (χ4v) is 3.67. The Morgan fingerprint density at radius 2 is 1.73 bits per heavy atom. The number of hydrogen-bond donors (Lipinski definition) is 0. The summed E-state index contributed by atoms with van der Waals surface area (Å²) in [5.41, 5.74) is 2.73. The summed E-state index contributed by atoms with van der Waals surface area (Å²) in [6, 6.07) is 14.8. The summed E-state index contributed by atoms with van der Waals surface area (Å²) >= 11 is 0. The molecular formula is C24H33NO4S. The summed E-state index contributed by atoms with van der Waals surface area (Å²) in [6.07, 6.45) is 3.30. The van der Waals surface area contributed by atoms with E-state index in [-0.39, 0.29) is 17.4 Å². The van der Waals surface area contributed by atoms with Gasteiger partial charge in [-0.3, -0.25) is 4.79 Å². The summed E-state index contributed by atoms with van der Waals surface area (Å²) in [5, 5.41) is 0. The lowest BCUT2D eigenvalue weighted by molar-refractivity contribution is 0.0722. The van der Waals surface area contributed by atoms with Gasteiger partial charge < -0.3 is 9.08 Å². The van der Waals surface area contributed by atoms with E-state index in [9.17, 15) is 13.2 Å². The number of carbonyl (C=O) groups excluding carboxylic acids is 1. The van der Waals surface area contributed by atoms with Crippen LogP contribution in [-0.4, -0.2) is 31.5 Å². The maximum Gasteiger partial charge on any atom is 0.308 e. The van der Waals surface area contributed by atoms with Crippen molar-refractivity contribution in [3.63, 3.8) is 0 Å². The van der Waals surface area contributed by atoms with E-state index in [1.165, 1.54) is 12.5 Å². The molecule has 0 heterocycles. The normalized spacial score (nSPS) is 11.5. The quantitative estimate of drug-likeness (QED) is 0.467. The summed E-state index contributed by atoms with van der Waals surface area (Å²) in [5.74, 6) is 0.450. The lowest BCUT2D eigenvalue weighted by Crippen LogP contribution is -2.33. The van der Waals surface area contributed by atoms with Crippen molar-refractivity contribution >= 4 is 16.0 Å². The second kappa shape index (κ2) is 11.2. The molecule has 0 aliphatic rings.